The van der Waals surface area contributed by atoms with Crippen LogP contribution >= 0.6 is 0 Å². The highest BCUT2D eigenvalue weighted by Gasteiger charge is 2.35. The number of ether oxygens (including phenoxy) is 2. The number of carboxylic acid groups (broad SMARTS) is 1. The van der Waals surface area contributed by atoms with Crippen LogP contribution in [-0.2, 0) is 16.1 Å². The van der Waals surface area contributed by atoms with Gasteiger partial charge in [-0.2, -0.15) is 0 Å². The van der Waals surface area contributed by atoms with Gasteiger partial charge < -0.3 is 19.7 Å². The van der Waals surface area contributed by atoms with Crippen molar-refractivity contribution in [3.05, 3.63) is 64.2 Å². The van der Waals surface area contributed by atoms with Crippen LogP contribution in [0, 0.1) is 10.1 Å². The molecular weight excluding hydrogens is 342 g/mol. The topological polar surface area (TPSA) is 119 Å². The molecule has 2 aromatic carbocycles. The number of nitro groups is 1. The second-order valence-corrected chi connectivity index (χ2v) is 5.82. The summed E-state index contributed by atoms with van der Waals surface area (Å²) in [6.07, 6.45) is 0.0316. The van der Waals surface area contributed by atoms with Gasteiger partial charge in [0.05, 0.1) is 23.7 Å². The largest absolute Gasteiger partial charge is 0.508 e. The Kier molecular flexibility index (Phi) is 6.13. The minimum absolute atomic E-state index is 0.00788. The Morgan fingerprint density at radius 3 is 2.46 bits per heavy atom. The van der Waals surface area contributed by atoms with Gasteiger partial charge in [-0.1, -0.05) is 12.1 Å². The molecule has 0 aromatic heterocycles. The zero-order chi connectivity index (χ0) is 19.2. The Morgan fingerprint density at radius 2 is 1.85 bits per heavy atom. The quantitative estimate of drug-likeness (QED) is 0.400. The summed E-state index contributed by atoms with van der Waals surface area (Å²) in [4.78, 5) is 22.1. The highest BCUT2D eigenvalue weighted by Crippen LogP contribution is 2.24. The maximum atomic E-state index is 11.6. The standard InChI is InChI=1S/C18H19NO7/c1-18(17(21)22,26-15-8-6-14(20)7-9-15)10-11-25-12-13-4-2-3-5-16(13)19(23)24/h2-9,20H,10-12H2,1H3,(H,21,22). The minimum atomic E-state index is -1.54. The van der Waals surface area contributed by atoms with Crippen LogP contribution in [0.15, 0.2) is 48.5 Å². The summed E-state index contributed by atoms with van der Waals surface area (Å²) in [6.45, 7) is 1.44. The van der Waals surface area contributed by atoms with Crippen LogP contribution in [0.4, 0.5) is 5.69 Å². The van der Waals surface area contributed by atoms with Crippen molar-refractivity contribution < 1.29 is 29.4 Å². The molecule has 0 aliphatic carbocycles. The van der Waals surface area contributed by atoms with Gasteiger partial charge in [-0.3, -0.25) is 10.1 Å². The van der Waals surface area contributed by atoms with E-state index >= 15 is 0 Å². The summed E-state index contributed by atoms with van der Waals surface area (Å²) in [5.74, 6) is -0.826. The fourth-order valence-corrected chi connectivity index (χ4v) is 2.24. The van der Waals surface area contributed by atoms with Crippen molar-refractivity contribution in [1.82, 2.24) is 0 Å². The van der Waals surface area contributed by atoms with Gasteiger partial charge in [-0.15, -0.1) is 0 Å². The minimum Gasteiger partial charge on any atom is -0.508 e. The number of nitrogens with zero attached hydrogens (tertiary/aromatic N) is 1. The van der Waals surface area contributed by atoms with Crippen molar-refractivity contribution in [3.8, 4) is 11.5 Å². The molecule has 0 saturated carbocycles. The molecule has 0 radical (unpaired) electrons. The highest BCUT2D eigenvalue weighted by atomic mass is 16.6. The van der Waals surface area contributed by atoms with E-state index in [9.17, 15) is 25.1 Å². The molecule has 0 saturated heterocycles. The molecule has 138 valence electrons. The molecule has 2 aromatic rings. The molecule has 0 aliphatic rings. The number of hydrogen-bond acceptors (Lipinski definition) is 6. The number of carbonyl (C=O) groups is 1. The Labute approximate surface area is 149 Å². The lowest BCUT2D eigenvalue weighted by molar-refractivity contribution is -0.386. The summed E-state index contributed by atoms with van der Waals surface area (Å²) in [5.41, 5.74) is -1.18. The first-order chi connectivity index (χ1) is 12.3. The van der Waals surface area contributed by atoms with Gasteiger partial charge in [0.15, 0.2) is 0 Å². The van der Waals surface area contributed by atoms with Crippen molar-refractivity contribution in [2.45, 2.75) is 25.6 Å². The van der Waals surface area contributed by atoms with Crippen molar-refractivity contribution in [1.29, 1.82) is 0 Å². The molecule has 0 amide bonds. The molecule has 0 bridgehead atoms. The lowest BCUT2D eigenvalue weighted by atomic mass is 10.0. The van der Waals surface area contributed by atoms with Crippen molar-refractivity contribution in [2.75, 3.05) is 6.61 Å². The Bertz CT molecular complexity index is 775. The van der Waals surface area contributed by atoms with Crippen LogP contribution in [0.25, 0.3) is 0 Å². The summed E-state index contributed by atoms with van der Waals surface area (Å²) >= 11 is 0. The number of para-hydroxylation sites is 1. The van der Waals surface area contributed by atoms with E-state index in [4.69, 9.17) is 9.47 Å². The number of nitro benzene ring substituents is 1. The average Bonchev–Trinajstić information content (AvgIpc) is 2.61. The number of benzene rings is 2. The SMILES string of the molecule is CC(CCOCc1ccccc1[N+](=O)[O-])(Oc1ccc(O)cc1)C(=O)O. The molecule has 1 atom stereocenters. The molecule has 0 spiro atoms. The van der Waals surface area contributed by atoms with Gasteiger partial charge in [0.25, 0.3) is 5.69 Å². The van der Waals surface area contributed by atoms with Crippen molar-refractivity contribution in [2.24, 2.45) is 0 Å². The maximum Gasteiger partial charge on any atom is 0.347 e. The fourth-order valence-electron chi connectivity index (χ4n) is 2.24. The smallest absolute Gasteiger partial charge is 0.347 e. The van der Waals surface area contributed by atoms with Crippen LogP contribution in [0.3, 0.4) is 0 Å². The van der Waals surface area contributed by atoms with E-state index in [0.717, 1.165) is 0 Å². The van der Waals surface area contributed by atoms with E-state index in [-0.39, 0.29) is 31.1 Å². The fraction of sp³-hybridized carbons (Fsp3) is 0.278. The van der Waals surface area contributed by atoms with E-state index in [0.29, 0.717) is 11.3 Å². The van der Waals surface area contributed by atoms with Crippen LogP contribution in [0.1, 0.15) is 18.9 Å². The third-order valence-electron chi connectivity index (χ3n) is 3.80. The lowest BCUT2D eigenvalue weighted by Crippen LogP contribution is -2.42. The summed E-state index contributed by atoms with van der Waals surface area (Å²) in [6, 6.07) is 11.9. The average molecular weight is 361 g/mol. The molecule has 2 N–H and O–H groups in total. The van der Waals surface area contributed by atoms with E-state index in [2.05, 4.69) is 0 Å². The Hall–Kier alpha value is -3.13. The lowest BCUT2D eigenvalue weighted by Gasteiger charge is -2.26. The molecule has 0 aliphatic heterocycles. The highest BCUT2D eigenvalue weighted by molar-refractivity contribution is 5.77. The summed E-state index contributed by atoms with van der Waals surface area (Å²) < 4.78 is 11.0. The molecular formula is C18H19NO7. The third kappa shape index (κ3) is 4.93. The first-order valence-electron chi connectivity index (χ1n) is 7.83. The van der Waals surface area contributed by atoms with E-state index in [1.54, 1.807) is 18.2 Å². The van der Waals surface area contributed by atoms with Gasteiger partial charge in [0.2, 0.25) is 5.60 Å². The number of aliphatic carboxylic acids is 1. The summed E-state index contributed by atoms with van der Waals surface area (Å²) in [7, 11) is 0. The zero-order valence-corrected chi connectivity index (χ0v) is 14.1. The molecule has 0 heterocycles. The normalized spacial score (nSPS) is 13.0. The molecule has 1 unspecified atom stereocenters. The van der Waals surface area contributed by atoms with Gasteiger partial charge in [0, 0.05) is 12.5 Å². The third-order valence-corrected chi connectivity index (χ3v) is 3.80. The maximum absolute atomic E-state index is 11.6. The Balaban J connectivity index is 1.95. The predicted molar refractivity (Wildman–Crippen MR) is 92.1 cm³/mol. The van der Waals surface area contributed by atoms with Crippen LogP contribution in [0.2, 0.25) is 0 Å². The molecule has 0 fully saturated rings. The first kappa shape index (κ1) is 19.2. The van der Waals surface area contributed by atoms with Crippen LogP contribution in [0.5, 0.6) is 11.5 Å². The van der Waals surface area contributed by atoms with Crippen LogP contribution in [-0.4, -0.2) is 33.3 Å². The number of rotatable bonds is 9. The van der Waals surface area contributed by atoms with E-state index in [1.165, 1.54) is 37.3 Å². The van der Waals surface area contributed by atoms with Gasteiger partial charge in [0.1, 0.15) is 11.5 Å². The van der Waals surface area contributed by atoms with Gasteiger partial charge in [-0.05, 0) is 37.3 Å². The van der Waals surface area contributed by atoms with Crippen molar-refractivity contribution >= 4 is 11.7 Å². The summed E-state index contributed by atoms with van der Waals surface area (Å²) in [5, 5.41) is 29.7. The number of phenolic OH excluding ortho intramolecular Hbond substituents is 1. The molecule has 8 nitrogen and oxygen atoms in total. The zero-order valence-electron chi connectivity index (χ0n) is 14.1. The first-order valence-corrected chi connectivity index (χ1v) is 7.83. The number of hydrogen-bond donors (Lipinski definition) is 2. The van der Waals surface area contributed by atoms with Crippen LogP contribution < -0.4 is 4.74 Å². The molecule has 8 heteroatoms. The van der Waals surface area contributed by atoms with Gasteiger partial charge >= 0.3 is 5.97 Å². The number of aromatic hydroxyl groups is 1. The second-order valence-electron chi connectivity index (χ2n) is 5.82. The number of phenols is 1. The van der Waals surface area contributed by atoms with E-state index < -0.39 is 16.5 Å². The second kappa shape index (κ2) is 8.30. The Morgan fingerprint density at radius 1 is 1.19 bits per heavy atom. The van der Waals surface area contributed by atoms with E-state index in [1.807, 2.05) is 0 Å². The number of carboxylic acids is 1. The molecule has 2 rings (SSSR count). The predicted octanol–water partition coefficient (Wildman–Crippen LogP) is 3.13. The van der Waals surface area contributed by atoms with Gasteiger partial charge in [-0.25, -0.2) is 4.79 Å². The molecule has 26 heavy (non-hydrogen) atoms. The monoisotopic (exact) mass is 361 g/mol. The van der Waals surface area contributed by atoms with Crippen molar-refractivity contribution in [3.63, 3.8) is 0 Å².